The average molecular weight is 537 g/mol. The van der Waals surface area contributed by atoms with Crippen molar-refractivity contribution in [1.29, 1.82) is 0 Å². The van der Waals surface area contributed by atoms with Gasteiger partial charge >= 0.3 is 0 Å². The second kappa shape index (κ2) is 14.4. The molecule has 204 valence electrons. The van der Waals surface area contributed by atoms with E-state index in [-0.39, 0.29) is 31.3 Å². The molecule has 40 heavy (non-hydrogen) atoms. The van der Waals surface area contributed by atoms with Gasteiger partial charge in [0.05, 0.1) is 19.8 Å². The molecule has 0 aliphatic rings. The quantitative estimate of drug-likeness (QED) is 0.258. The molecule has 0 bridgehead atoms. The molecule has 0 heterocycles. The molecule has 2 amide bonds. The highest BCUT2D eigenvalue weighted by atomic mass is 16.5. The highest BCUT2D eigenvalue weighted by Gasteiger charge is 2.23. The summed E-state index contributed by atoms with van der Waals surface area (Å²) in [6.07, 6.45) is 0.101. The predicted molar refractivity (Wildman–Crippen MR) is 153 cm³/mol. The number of carbonyl (C=O) groups excluding carboxylic acids is 3. The fraction of sp³-hybridized carbons (Fsp3) is 0.182. The van der Waals surface area contributed by atoms with E-state index < -0.39 is 11.9 Å². The fourth-order valence-electron chi connectivity index (χ4n) is 4.04. The zero-order valence-corrected chi connectivity index (χ0v) is 22.4. The molecule has 0 saturated heterocycles. The van der Waals surface area contributed by atoms with E-state index in [0.29, 0.717) is 17.9 Å². The number of ketones is 1. The zero-order chi connectivity index (χ0) is 28.2. The molecule has 7 heteroatoms. The molecule has 4 rings (SSSR count). The lowest BCUT2D eigenvalue weighted by Gasteiger charge is -2.21. The van der Waals surface area contributed by atoms with E-state index in [0.717, 1.165) is 16.9 Å². The molecular formula is C33H32N2O5. The first-order valence-corrected chi connectivity index (χ1v) is 13.0. The monoisotopic (exact) mass is 536 g/mol. The van der Waals surface area contributed by atoms with Crippen molar-refractivity contribution in [3.8, 4) is 11.5 Å². The Hall–Kier alpha value is -4.75. The number of hydrogen-bond donors (Lipinski definition) is 1. The van der Waals surface area contributed by atoms with E-state index in [4.69, 9.17) is 9.47 Å². The minimum absolute atomic E-state index is 0.00498. The third-order valence-corrected chi connectivity index (χ3v) is 6.15. The van der Waals surface area contributed by atoms with Crippen LogP contribution in [-0.2, 0) is 27.4 Å². The highest BCUT2D eigenvalue weighted by molar-refractivity contribution is 5.97. The first-order chi connectivity index (χ1) is 19.5. The fourth-order valence-corrected chi connectivity index (χ4v) is 4.04. The molecule has 1 N–H and O–H groups in total. The highest BCUT2D eigenvalue weighted by Crippen LogP contribution is 2.21. The number of benzene rings is 4. The molecule has 0 aliphatic carbocycles. The van der Waals surface area contributed by atoms with Crippen molar-refractivity contribution in [1.82, 2.24) is 10.2 Å². The van der Waals surface area contributed by atoms with E-state index in [1.807, 2.05) is 78.9 Å². The third kappa shape index (κ3) is 8.64. The summed E-state index contributed by atoms with van der Waals surface area (Å²) in [7, 11) is 1.55. The summed E-state index contributed by atoms with van der Waals surface area (Å²) in [6, 6.07) is 34.1. The zero-order valence-electron chi connectivity index (χ0n) is 22.4. The predicted octanol–water partition coefficient (Wildman–Crippen LogP) is 5.06. The van der Waals surface area contributed by atoms with Gasteiger partial charge in [-0.05, 0) is 47.5 Å². The van der Waals surface area contributed by atoms with E-state index in [9.17, 15) is 14.4 Å². The Kier molecular flexibility index (Phi) is 10.2. The van der Waals surface area contributed by atoms with Crippen LogP contribution >= 0.6 is 0 Å². The lowest BCUT2D eigenvalue weighted by Crippen LogP contribution is -2.48. The summed E-state index contributed by atoms with van der Waals surface area (Å²) in [4.78, 5) is 40.2. The van der Waals surface area contributed by atoms with Crippen molar-refractivity contribution in [2.24, 2.45) is 0 Å². The maximum absolute atomic E-state index is 13.3. The number of hydrogen-bond acceptors (Lipinski definition) is 5. The van der Waals surface area contributed by atoms with E-state index in [1.54, 1.807) is 43.4 Å². The van der Waals surface area contributed by atoms with Crippen molar-refractivity contribution >= 4 is 17.6 Å². The lowest BCUT2D eigenvalue weighted by molar-refractivity contribution is -0.129. The molecule has 4 aromatic rings. The Morgan fingerprint density at radius 3 is 1.95 bits per heavy atom. The van der Waals surface area contributed by atoms with Crippen LogP contribution in [0.4, 0.5) is 0 Å². The van der Waals surface area contributed by atoms with Crippen LogP contribution in [0.3, 0.4) is 0 Å². The van der Waals surface area contributed by atoms with Gasteiger partial charge in [0.1, 0.15) is 17.5 Å². The number of nitrogens with one attached hydrogen (secondary N) is 1. The van der Waals surface area contributed by atoms with Gasteiger partial charge in [0, 0.05) is 19.0 Å². The Bertz CT molecular complexity index is 1380. The summed E-state index contributed by atoms with van der Waals surface area (Å²) >= 11 is 0. The molecule has 7 nitrogen and oxygen atoms in total. The van der Waals surface area contributed by atoms with Crippen molar-refractivity contribution in [3.05, 3.63) is 132 Å². The standard InChI is InChI=1S/C33H32N2O5/c1-35(33(38)27-13-7-3-8-14-27)22-32(37)34-30(24-39-23-26-11-5-2-6-12-26)31(36)21-25-17-19-29(20-18-25)40-28-15-9-4-10-16-28/h2-20,30H,21-24H2,1H3,(H,34,37)/t30-/m0/s1. The number of amides is 2. The van der Waals surface area contributed by atoms with Gasteiger partial charge in [-0.3, -0.25) is 14.4 Å². The molecule has 0 unspecified atom stereocenters. The number of para-hydroxylation sites is 1. The second-order valence-corrected chi connectivity index (χ2v) is 9.35. The van der Waals surface area contributed by atoms with Crippen molar-refractivity contribution in [2.45, 2.75) is 19.1 Å². The minimum Gasteiger partial charge on any atom is -0.457 e. The van der Waals surface area contributed by atoms with Crippen LogP contribution in [0.2, 0.25) is 0 Å². The average Bonchev–Trinajstić information content (AvgIpc) is 2.98. The molecule has 0 aliphatic heterocycles. The smallest absolute Gasteiger partial charge is 0.254 e. The summed E-state index contributed by atoms with van der Waals surface area (Å²) in [5.41, 5.74) is 2.22. The van der Waals surface area contributed by atoms with Gasteiger partial charge in [0.25, 0.3) is 5.91 Å². The molecule has 0 radical (unpaired) electrons. The number of nitrogens with zero attached hydrogens (tertiary/aromatic N) is 1. The number of likely N-dealkylation sites (N-methyl/N-ethyl adjacent to an activating group) is 1. The Labute approximate surface area is 234 Å². The van der Waals surface area contributed by atoms with Gasteiger partial charge in [-0.15, -0.1) is 0 Å². The van der Waals surface area contributed by atoms with Crippen molar-refractivity contribution in [2.75, 3.05) is 20.2 Å². The molecule has 0 aromatic heterocycles. The normalized spacial score (nSPS) is 11.3. The Morgan fingerprint density at radius 2 is 1.30 bits per heavy atom. The SMILES string of the molecule is CN(CC(=O)N[C@@H](COCc1ccccc1)C(=O)Cc1ccc(Oc2ccccc2)cc1)C(=O)c1ccccc1. The van der Waals surface area contributed by atoms with Gasteiger partial charge in [-0.1, -0.05) is 78.9 Å². The summed E-state index contributed by atoms with van der Waals surface area (Å²) in [5.74, 6) is 0.456. The van der Waals surface area contributed by atoms with E-state index in [1.165, 1.54) is 4.90 Å². The largest absolute Gasteiger partial charge is 0.457 e. The first kappa shape index (κ1) is 28.3. The van der Waals surface area contributed by atoms with E-state index >= 15 is 0 Å². The van der Waals surface area contributed by atoms with E-state index in [2.05, 4.69) is 5.32 Å². The van der Waals surface area contributed by atoms with Crippen LogP contribution in [0.25, 0.3) is 0 Å². The summed E-state index contributed by atoms with van der Waals surface area (Å²) in [6.45, 7) is 0.116. The van der Waals surface area contributed by atoms with Gasteiger partial charge in [-0.25, -0.2) is 0 Å². The van der Waals surface area contributed by atoms with Gasteiger partial charge in [-0.2, -0.15) is 0 Å². The van der Waals surface area contributed by atoms with Crippen LogP contribution in [0.1, 0.15) is 21.5 Å². The second-order valence-electron chi connectivity index (χ2n) is 9.35. The van der Waals surface area contributed by atoms with Gasteiger partial charge in [0.2, 0.25) is 5.91 Å². The number of ether oxygens (including phenoxy) is 2. The molecule has 1 atom stereocenters. The van der Waals surface area contributed by atoms with Crippen LogP contribution in [-0.4, -0.2) is 48.7 Å². The molecule has 4 aromatic carbocycles. The van der Waals surface area contributed by atoms with Crippen LogP contribution in [0, 0.1) is 0 Å². The maximum Gasteiger partial charge on any atom is 0.254 e. The maximum atomic E-state index is 13.3. The van der Waals surface area contributed by atoms with Crippen LogP contribution in [0.15, 0.2) is 115 Å². The Morgan fingerprint density at radius 1 is 0.725 bits per heavy atom. The summed E-state index contributed by atoms with van der Waals surface area (Å²) < 4.78 is 11.6. The number of rotatable bonds is 13. The van der Waals surface area contributed by atoms with Crippen LogP contribution in [0.5, 0.6) is 11.5 Å². The summed E-state index contributed by atoms with van der Waals surface area (Å²) in [5, 5.41) is 2.77. The lowest BCUT2D eigenvalue weighted by atomic mass is 10.0. The number of carbonyl (C=O) groups is 3. The molecular weight excluding hydrogens is 504 g/mol. The molecule has 0 saturated carbocycles. The third-order valence-electron chi connectivity index (χ3n) is 6.15. The van der Waals surface area contributed by atoms with Crippen molar-refractivity contribution in [3.63, 3.8) is 0 Å². The molecule has 0 spiro atoms. The van der Waals surface area contributed by atoms with Crippen molar-refractivity contribution < 1.29 is 23.9 Å². The van der Waals surface area contributed by atoms with Crippen LogP contribution < -0.4 is 10.1 Å². The first-order valence-electron chi connectivity index (χ1n) is 13.0. The number of Topliss-reactive ketones (excluding diaryl/α,β-unsaturated/α-hetero) is 1. The Balaban J connectivity index is 1.37. The molecule has 0 fully saturated rings. The van der Waals surface area contributed by atoms with Gasteiger partial charge < -0.3 is 19.7 Å². The topological polar surface area (TPSA) is 84.9 Å². The minimum atomic E-state index is -0.878. The van der Waals surface area contributed by atoms with Gasteiger partial charge in [0.15, 0.2) is 5.78 Å².